The number of aromatic nitrogens is 1. The molecule has 5 heteroatoms. The standard InChI is InChI=1S/C18H25N3O2/c1-13-6-9-21(10-7-13)12-15(22)11-20-18(23)16-4-2-3-14-5-8-19-17(14)16/h2-5,8,13,15,19,22H,6-7,9-12H2,1H3,(H,20,23). The quantitative estimate of drug-likeness (QED) is 0.790. The largest absolute Gasteiger partial charge is 0.390 e. The minimum atomic E-state index is -0.532. The van der Waals surface area contributed by atoms with Crippen LogP contribution in [0.3, 0.4) is 0 Å². The molecule has 1 unspecified atom stereocenters. The number of carbonyl (C=O) groups excluding carboxylic acids is 1. The number of aliphatic hydroxyl groups is 1. The first-order valence-corrected chi connectivity index (χ1v) is 8.38. The summed E-state index contributed by atoms with van der Waals surface area (Å²) in [5, 5.41) is 14.0. The fourth-order valence-corrected chi connectivity index (χ4v) is 3.19. The molecule has 1 amide bonds. The van der Waals surface area contributed by atoms with Crippen LogP contribution < -0.4 is 5.32 Å². The van der Waals surface area contributed by atoms with Crippen LogP contribution >= 0.6 is 0 Å². The van der Waals surface area contributed by atoms with E-state index >= 15 is 0 Å². The van der Waals surface area contributed by atoms with Crippen molar-refractivity contribution in [1.29, 1.82) is 0 Å². The number of H-pyrrole nitrogens is 1. The molecule has 5 nitrogen and oxygen atoms in total. The summed E-state index contributed by atoms with van der Waals surface area (Å²) in [6, 6.07) is 7.58. The highest BCUT2D eigenvalue weighted by molar-refractivity contribution is 6.05. The normalized spacial score (nSPS) is 18.2. The maximum Gasteiger partial charge on any atom is 0.253 e. The van der Waals surface area contributed by atoms with E-state index in [2.05, 4.69) is 22.1 Å². The van der Waals surface area contributed by atoms with Gasteiger partial charge in [-0.05, 0) is 44.0 Å². The summed E-state index contributed by atoms with van der Waals surface area (Å²) in [6.07, 6.45) is 3.67. The number of aromatic amines is 1. The van der Waals surface area contributed by atoms with E-state index in [0.29, 0.717) is 12.1 Å². The third kappa shape index (κ3) is 3.92. The number of nitrogens with zero attached hydrogens (tertiary/aromatic N) is 1. The number of carbonyl (C=O) groups is 1. The topological polar surface area (TPSA) is 68.4 Å². The number of rotatable bonds is 5. The Balaban J connectivity index is 1.51. The van der Waals surface area contributed by atoms with Gasteiger partial charge < -0.3 is 20.3 Å². The van der Waals surface area contributed by atoms with Gasteiger partial charge in [0.25, 0.3) is 5.91 Å². The highest BCUT2D eigenvalue weighted by Crippen LogP contribution is 2.17. The van der Waals surface area contributed by atoms with Gasteiger partial charge in [-0.2, -0.15) is 0 Å². The molecule has 0 spiro atoms. The summed E-state index contributed by atoms with van der Waals surface area (Å²) >= 11 is 0. The average molecular weight is 315 g/mol. The number of nitrogens with one attached hydrogen (secondary N) is 2. The van der Waals surface area contributed by atoms with E-state index in [4.69, 9.17) is 0 Å². The third-order valence-corrected chi connectivity index (χ3v) is 4.68. The van der Waals surface area contributed by atoms with Crippen molar-refractivity contribution in [3.8, 4) is 0 Å². The number of likely N-dealkylation sites (tertiary alicyclic amines) is 1. The Morgan fingerprint density at radius 3 is 2.96 bits per heavy atom. The second-order valence-electron chi connectivity index (χ2n) is 6.59. The third-order valence-electron chi connectivity index (χ3n) is 4.68. The van der Waals surface area contributed by atoms with E-state index in [9.17, 15) is 9.90 Å². The molecule has 2 heterocycles. The van der Waals surface area contributed by atoms with Crippen LogP contribution in [0.4, 0.5) is 0 Å². The fourth-order valence-electron chi connectivity index (χ4n) is 3.19. The Kier molecular flexibility index (Phi) is 4.98. The molecule has 1 aromatic heterocycles. The Hall–Kier alpha value is -1.85. The first kappa shape index (κ1) is 16.0. The van der Waals surface area contributed by atoms with Crippen molar-refractivity contribution in [1.82, 2.24) is 15.2 Å². The number of aliphatic hydroxyl groups excluding tert-OH is 1. The SMILES string of the molecule is CC1CCN(CC(O)CNC(=O)c2cccc3cc[nH]c23)CC1. The predicted octanol–water partition coefficient (Wildman–Crippen LogP) is 1.99. The number of benzene rings is 1. The molecular weight excluding hydrogens is 290 g/mol. The van der Waals surface area contributed by atoms with E-state index in [1.54, 1.807) is 6.07 Å². The molecule has 124 valence electrons. The van der Waals surface area contributed by atoms with E-state index in [1.165, 1.54) is 12.8 Å². The smallest absolute Gasteiger partial charge is 0.253 e. The fraction of sp³-hybridized carbons (Fsp3) is 0.500. The van der Waals surface area contributed by atoms with E-state index < -0.39 is 6.10 Å². The van der Waals surface area contributed by atoms with Gasteiger partial charge in [-0.1, -0.05) is 19.1 Å². The van der Waals surface area contributed by atoms with E-state index in [1.807, 2.05) is 24.4 Å². The van der Waals surface area contributed by atoms with Crippen LogP contribution in [0, 0.1) is 5.92 Å². The zero-order valence-electron chi connectivity index (χ0n) is 13.6. The van der Waals surface area contributed by atoms with Gasteiger partial charge in [0.05, 0.1) is 17.2 Å². The first-order chi connectivity index (χ1) is 11.1. The van der Waals surface area contributed by atoms with Crippen molar-refractivity contribution in [2.24, 2.45) is 5.92 Å². The molecule has 2 aromatic rings. The molecule has 1 atom stereocenters. The molecule has 1 aliphatic rings. The first-order valence-electron chi connectivity index (χ1n) is 8.38. The number of hydrogen-bond acceptors (Lipinski definition) is 3. The lowest BCUT2D eigenvalue weighted by Crippen LogP contribution is -2.43. The summed E-state index contributed by atoms with van der Waals surface area (Å²) in [4.78, 5) is 17.7. The average Bonchev–Trinajstić information content (AvgIpc) is 3.03. The maximum absolute atomic E-state index is 12.3. The lowest BCUT2D eigenvalue weighted by molar-refractivity contribution is 0.0796. The van der Waals surface area contributed by atoms with Crippen LogP contribution in [-0.4, -0.2) is 53.2 Å². The minimum Gasteiger partial charge on any atom is -0.390 e. The molecule has 0 aliphatic carbocycles. The molecule has 3 N–H and O–H groups in total. The van der Waals surface area contributed by atoms with Gasteiger partial charge in [-0.15, -0.1) is 0 Å². The molecule has 1 saturated heterocycles. The van der Waals surface area contributed by atoms with Gasteiger partial charge in [0, 0.05) is 24.7 Å². The highest BCUT2D eigenvalue weighted by Gasteiger charge is 2.19. The Morgan fingerprint density at radius 2 is 2.17 bits per heavy atom. The van der Waals surface area contributed by atoms with Crippen molar-refractivity contribution in [2.75, 3.05) is 26.2 Å². The maximum atomic E-state index is 12.3. The number of fused-ring (bicyclic) bond motifs is 1. The lowest BCUT2D eigenvalue weighted by atomic mass is 9.99. The molecule has 23 heavy (non-hydrogen) atoms. The van der Waals surface area contributed by atoms with Gasteiger partial charge in [0.1, 0.15) is 0 Å². The zero-order valence-corrected chi connectivity index (χ0v) is 13.6. The Labute approximate surface area is 136 Å². The van der Waals surface area contributed by atoms with Gasteiger partial charge in [-0.25, -0.2) is 0 Å². The number of piperidine rings is 1. The number of amides is 1. The summed E-state index contributed by atoms with van der Waals surface area (Å²) in [5.41, 5.74) is 1.45. The van der Waals surface area contributed by atoms with Crippen molar-refractivity contribution < 1.29 is 9.90 Å². The number of β-amino-alcohol motifs (C(OH)–C–C–N with tert-alkyl or cyclic N) is 1. The summed E-state index contributed by atoms with van der Waals surface area (Å²) in [6.45, 7) is 5.25. The molecule has 1 aromatic carbocycles. The van der Waals surface area contributed by atoms with Crippen LogP contribution in [0.5, 0.6) is 0 Å². The van der Waals surface area contributed by atoms with Crippen LogP contribution in [-0.2, 0) is 0 Å². The van der Waals surface area contributed by atoms with Crippen molar-refractivity contribution in [2.45, 2.75) is 25.9 Å². The molecule has 1 fully saturated rings. The Morgan fingerprint density at radius 1 is 1.39 bits per heavy atom. The minimum absolute atomic E-state index is 0.149. The van der Waals surface area contributed by atoms with E-state index in [0.717, 1.165) is 29.9 Å². The molecule has 3 rings (SSSR count). The molecule has 1 aliphatic heterocycles. The number of para-hydroxylation sites is 1. The monoisotopic (exact) mass is 315 g/mol. The van der Waals surface area contributed by atoms with Crippen LogP contribution in [0.15, 0.2) is 30.5 Å². The summed E-state index contributed by atoms with van der Waals surface area (Å²) < 4.78 is 0. The second-order valence-corrected chi connectivity index (χ2v) is 6.59. The summed E-state index contributed by atoms with van der Waals surface area (Å²) in [5.74, 6) is 0.633. The highest BCUT2D eigenvalue weighted by atomic mass is 16.3. The van der Waals surface area contributed by atoms with Crippen molar-refractivity contribution in [3.05, 3.63) is 36.0 Å². The van der Waals surface area contributed by atoms with E-state index in [-0.39, 0.29) is 12.5 Å². The Bertz CT molecular complexity index is 659. The lowest BCUT2D eigenvalue weighted by Gasteiger charge is -2.31. The van der Waals surface area contributed by atoms with Crippen molar-refractivity contribution in [3.63, 3.8) is 0 Å². The summed E-state index contributed by atoms with van der Waals surface area (Å²) in [7, 11) is 0. The van der Waals surface area contributed by atoms with Gasteiger partial charge in [0.2, 0.25) is 0 Å². The predicted molar refractivity (Wildman–Crippen MR) is 91.5 cm³/mol. The van der Waals surface area contributed by atoms with Crippen LogP contribution in [0.1, 0.15) is 30.1 Å². The van der Waals surface area contributed by atoms with Gasteiger partial charge in [-0.3, -0.25) is 4.79 Å². The van der Waals surface area contributed by atoms with Crippen LogP contribution in [0.25, 0.3) is 10.9 Å². The van der Waals surface area contributed by atoms with Crippen molar-refractivity contribution >= 4 is 16.8 Å². The molecular formula is C18H25N3O2. The molecule has 0 radical (unpaired) electrons. The van der Waals surface area contributed by atoms with Gasteiger partial charge >= 0.3 is 0 Å². The van der Waals surface area contributed by atoms with Gasteiger partial charge in [0.15, 0.2) is 0 Å². The molecule has 0 saturated carbocycles. The van der Waals surface area contributed by atoms with Crippen LogP contribution in [0.2, 0.25) is 0 Å². The second kappa shape index (κ2) is 7.15. The zero-order chi connectivity index (χ0) is 16.2. The number of hydrogen-bond donors (Lipinski definition) is 3. The molecule has 0 bridgehead atoms.